The molecule has 2 aromatic heterocycles. The van der Waals surface area contributed by atoms with E-state index in [0.717, 1.165) is 19.4 Å². The smallest absolute Gasteiger partial charge is 0.407 e. The quantitative estimate of drug-likeness (QED) is 0.869. The number of alkyl carbamates (subject to hydrolysis) is 1. The van der Waals surface area contributed by atoms with Crippen molar-refractivity contribution in [1.82, 2.24) is 15.3 Å². The Kier molecular flexibility index (Phi) is 4.49. The zero-order valence-electron chi connectivity index (χ0n) is 14.1. The molecule has 0 aliphatic carbocycles. The highest BCUT2D eigenvalue weighted by Gasteiger charge is 2.25. The maximum Gasteiger partial charge on any atom is 0.407 e. The Bertz CT molecular complexity index is 792. The number of thiophene rings is 1. The number of hydrogen-bond donors (Lipinski definition) is 2. The maximum absolute atomic E-state index is 12.1. The van der Waals surface area contributed by atoms with Crippen LogP contribution in [0.4, 0.5) is 10.7 Å². The van der Waals surface area contributed by atoms with E-state index < -0.39 is 11.7 Å². The number of aromatic nitrogens is 2. The van der Waals surface area contributed by atoms with Crippen LogP contribution in [-0.4, -0.2) is 40.8 Å². The third-order valence-corrected chi connectivity index (χ3v) is 4.65. The summed E-state index contributed by atoms with van der Waals surface area (Å²) < 4.78 is 5.95. The van der Waals surface area contributed by atoms with E-state index in [1.165, 1.54) is 11.3 Å². The Morgan fingerprint density at radius 2 is 2.29 bits per heavy atom. The van der Waals surface area contributed by atoms with Crippen molar-refractivity contribution in [2.75, 3.05) is 18.0 Å². The van der Waals surface area contributed by atoms with Crippen molar-refractivity contribution in [1.29, 1.82) is 0 Å². The third-order valence-electron chi connectivity index (χ3n) is 3.74. The van der Waals surface area contributed by atoms with E-state index in [-0.39, 0.29) is 11.6 Å². The van der Waals surface area contributed by atoms with Gasteiger partial charge in [-0.3, -0.25) is 9.78 Å². The molecule has 8 heteroatoms. The van der Waals surface area contributed by atoms with Crippen LogP contribution in [0.5, 0.6) is 0 Å². The van der Waals surface area contributed by atoms with Gasteiger partial charge in [0.2, 0.25) is 5.95 Å². The average Bonchev–Trinajstić information content (AvgIpc) is 2.94. The van der Waals surface area contributed by atoms with Crippen molar-refractivity contribution in [3.63, 3.8) is 0 Å². The number of piperidine rings is 1. The first-order valence-corrected chi connectivity index (χ1v) is 8.92. The molecule has 3 rings (SSSR count). The lowest BCUT2D eigenvalue weighted by Gasteiger charge is -2.33. The normalized spacial score (nSPS) is 18.6. The fraction of sp³-hybridized carbons (Fsp3) is 0.562. The van der Waals surface area contributed by atoms with Gasteiger partial charge in [-0.25, -0.2) is 9.78 Å². The molecule has 7 nitrogen and oxygen atoms in total. The summed E-state index contributed by atoms with van der Waals surface area (Å²) in [4.78, 5) is 33.4. The highest BCUT2D eigenvalue weighted by atomic mass is 32.1. The molecule has 0 bridgehead atoms. The zero-order chi connectivity index (χ0) is 17.3. The van der Waals surface area contributed by atoms with Crippen LogP contribution in [0.2, 0.25) is 0 Å². The first-order chi connectivity index (χ1) is 11.3. The number of carbonyl (C=O) groups is 1. The SMILES string of the molecule is CC(C)(C)OC(=O)NC1CCCN(c2nc3ccsc3c(=O)[nH]2)C1. The highest BCUT2D eigenvalue weighted by Crippen LogP contribution is 2.20. The molecular formula is C16H22N4O3S. The molecule has 3 heterocycles. The zero-order valence-corrected chi connectivity index (χ0v) is 14.9. The highest BCUT2D eigenvalue weighted by molar-refractivity contribution is 7.17. The molecule has 0 aromatic carbocycles. The number of nitrogens with zero attached hydrogens (tertiary/aromatic N) is 2. The first kappa shape index (κ1) is 16.8. The summed E-state index contributed by atoms with van der Waals surface area (Å²) in [6.07, 6.45) is 1.37. The van der Waals surface area contributed by atoms with E-state index in [1.54, 1.807) is 0 Å². The van der Waals surface area contributed by atoms with Crippen LogP contribution in [0, 0.1) is 0 Å². The van der Waals surface area contributed by atoms with Gasteiger partial charge in [0.15, 0.2) is 0 Å². The number of anilines is 1. The van der Waals surface area contributed by atoms with Crippen LogP contribution >= 0.6 is 11.3 Å². The molecule has 1 atom stereocenters. The maximum atomic E-state index is 12.1. The second kappa shape index (κ2) is 6.43. The van der Waals surface area contributed by atoms with E-state index in [9.17, 15) is 9.59 Å². The summed E-state index contributed by atoms with van der Waals surface area (Å²) in [5.74, 6) is 0.557. The standard InChI is InChI=1S/C16H22N4O3S/c1-16(2,3)23-15(22)17-10-5-4-7-20(9-10)14-18-11-6-8-24-12(11)13(21)19-14/h6,8,10H,4-5,7,9H2,1-3H3,(H,17,22)(H,18,19,21). The molecule has 2 N–H and O–H groups in total. The number of aromatic amines is 1. The number of H-pyrrole nitrogens is 1. The third kappa shape index (κ3) is 3.87. The molecule has 0 spiro atoms. The van der Waals surface area contributed by atoms with Crippen molar-refractivity contribution in [3.8, 4) is 0 Å². The number of amides is 1. The Balaban J connectivity index is 1.70. The van der Waals surface area contributed by atoms with E-state index in [2.05, 4.69) is 15.3 Å². The van der Waals surface area contributed by atoms with Gasteiger partial charge in [-0.1, -0.05) is 0 Å². The summed E-state index contributed by atoms with van der Waals surface area (Å²) in [7, 11) is 0. The van der Waals surface area contributed by atoms with Crippen LogP contribution in [-0.2, 0) is 4.74 Å². The van der Waals surface area contributed by atoms with Crippen molar-refractivity contribution in [3.05, 3.63) is 21.8 Å². The summed E-state index contributed by atoms with van der Waals surface area (Å²) in [5.41, 5.74) is 0.0723. The monoisotopic (exact) mass is 350 g/mol. The molecule has 0 saturated carbocycles. The Hall–Kier alpha value is -2.09. The Morgan fingerprint density at radius 1 is 1.50 bits per heavy atom. The van der Waals surface area contributed by atoms with Crippen molar-refractivity contribution in [2.24, 2.45) is 0 Å². The Labute approximate surface area is 144 Å². The van der Waals surface area contributed by atoms with Crippen LogP contribution in [0.3, 0.4) is 0 Å². The van der Waals surface area contributed by atoms with Gasteiger partial charge >= 0.3 is 6.09 Å². The van der Waals surface area contributed by atoms with Gasteiger partial charge in [0.25, 0.3) is 5.56 Å². The number of hydrogen-bond acceptors (Lipinski definition) is 6. The number of nitrogens with one attached hydrogen (secondary N) is 2. The van der Waals surface area contributed by atoms with E-state index in [4.69, 9.17) is 4.74 Å². The van der Waals surface area contributed by atoms with Gasteiger partial charge in [-0.15, -0.1) is 11.3 Å². The lowest BCUT2D eigenvalue weighted by Crippen LogP contribution is -2.49. The second-order valence-corrected chi connectivity index (χ2v) is 7.87. The fourth-order valence-corrected chi connectivity index (χ4v) is 3.50. The second-order valence-electron chi connectivity index (χ2n) is 6.96. The molecule has 130 valence electrons. The van der Waals surface area contributed by atoms with Gasteiger partial charge in [0, 0.05) is 19.1 Å². The fourth-order valence-electron chi connectivity index (χ4n) is 2.77. The minimum absolute atomic E-state index is 0.0305. The molecule has 1 fully saturated rings. The van der Waals surface area contributed by atoms with Crippen LogP contribution in [0.15, 0.2) is 16.2 Å². The van der Waals surface area contributed by atoms with Gasteiger partial charge in [-0.2, -0.15) is 0 Å². The van der Waals surface area contributed by atoms with E-state index in [1.807, 2.05) is 37.1 Å². The molecule has 2 aromatic rings. The van der Waals surface area contributed by atoms with Gasteiger partial charge in [0.1, 0.15) is 10.3 Å². The van der Waals surface area contributed by atoms with Crippen LogP contribution < -0.4 is 15.8 Å². The number of ether oxygens (including phenoxy) is 1. The molecule has 24 heavy (non-hydrogen) atoms. The molecule has 1 aliphatic rings. The molecule has 1 aliphatic heterocycles. The van der Waals surface area contributed by atoms with E-state index >= 15 is 0 Å². The summed E-state index contributed by atoms with van der Waals surface area (Å²) in [6, 6.07) is 1.82. The largest absolute Gasteiger partial charge is 0.444 e. The van der Waals surface area contributed by atoms with Crippen LogP contribution in [0.1, 0.15) is 33.6 Å². The topological polar surface area (TPSA) is 87.3 Å². The minimum atomic E-state index is -0.519. The Morgan fingerprint density at radius 3 is 3.04 bits per heavy atom. The predicted octanol–water partition coefficient (Wildman–Crippen LogP) is 2.48. The van der Waals surface area contributed by atoms with Gasteiger partial charge < -0.3 is 15.0 Å². The number of fused-ring (bicyclic) bond motifs is 1. The van der Waals surface area contributed by atoms with Crippen LogP contribution in [0.25, 0.3) is 10.2 Å². The van der Waals surface area contributed by atoms with Gasteiger partial charge in [0.05, 0.1) is 5.52 Å². The van der Waals surface area contributed by atoms with E-state index in [0.29, 0.717) is 22.7 Å². The first-order valence-electron chi connectivity index (χ1n) is 8.04. The lowest BCUT2D eigenvalue weighted by molar-refractivity contribution is 0.0500. The van der Waals surface area contributed by atoms with Crippen molar-refractivity contribution < 1.29 is 9.53 Å². The van der Waals surface area contributed by atoms with Crippen molar-refractivity contribution in [2.45, 2.75) is 45.3 Å². The molecule has 1 amide bonds. The predicted molar refractivity (Wildman–Crippen MR) is 94.8 cm³/mol. The minimum Gasteiger partial charge on any atom is -0.444 e. The van der Waals surface area contributed by atoms with Crippen molar-refractivity contribution >= 4 is 33.6 Å². The summed E-state index contributed by atoms with van der Waals surface area (Å²) in [6.45, 7) is 6.91. The number of carbonyl (C=O) groups excluding carboxylic acids is 1. The average molecular weight is 350 g/mol. The molecular weight excluding hydrogens is 328 g/mol. The summed E-state index contributed by atoms with van der Waals surface area (Å²) in [5, 5.41) is 4.76. The molecule has 1 unspecified atom stereocenters. The van der Waals surface area contributed by atoms with Gasteiger partial charge in [-0.05, 0) is 45.1 Å². The summed E-state index contributed by atoms with van der Waals surface area (Å²) >= 11 is 1.39. The number of rotatable bonds is 2. The lowest BCUT2D eigenvalue weighted by atomic mass is 10.1. The molecule has 1 saturated heterocycles. The molecule has 0 radical (unpaired) electrons.